The number of rotatable bonds is 3. The number of pyridine rings is 1. The number of nitrogens with one attached hydrogen (secondary N) is 1. The Hall–Kier alpha value is -3.66. The van der Waals surface area contributed by atoms with E-state index in [9.17, 15) is 4.79 Å². The van der Waals surface area contributed by atoms with Gasteiger partial charge >= 0.3 is 0 Å². The van der Waals surface area contributed by atoms with E-state index in [0.29, 0.717) is 6.42 Å². The third kappa shape index (κ3) is 2.62. The van der Waals surface area contributed by atoms with Gasteiger partial charge in [-0.1, -0.05) is 42.5 Å². The number of amides is 1. The summed E-state index contributed by atoms with van der Waals surface area (Å²) in [6.45, 7) is 0. The molecule has 28 heavy (non-hydrogen) atoms. The summed E-state index contributed by atoms with van der Waals surface area (Å²) < 4.78 is 5.71. The number of fused-ring (bicyclic) bond motifs is 2. The van der Waals surface area contributed by atoms with Crippen molar-refractivity contribution in [2.75, 3.05) is 12.4 Å². The number of aromatic nitrogens is 1. The van der Waals surface area contributed by atoms with E-state index in [2.05, 4.69) is 40.6 Å². The molecular formula is C24H18N2O2. The molecule has 4 nitrogen and oxygen atoms in total. The van der Waals surface area contributed by atoms with Crippen LogP contribution in [0, 0.1) is 0 Å². The van der Waals surface area contributed by atoms with Crippen molar-refractivity contribution in [2.24, 2.45) is 0 Å². The van der Waals surface area contributed by atoms with Crippen molar-refractivity contribution < 1.29 is 9.53 Å². The molecule has 0 fully saturated rings. The molecule has 2 heterocycles. The predicted octanol–water partition coefficient (Wildman–Crippen LogP) is 5.07. The molecule has 0 spiro atoms. The number of carbonyl (C=O) groups excluding carboxylic acids is 1. The molecule has 4 aromatic rings. The van der Waals surface area contributed by atoms with Gasteiger partial charge < -0.3 is 10.1 Å². The summed E-state index contributed by atoms with van der Waals surface area (Å²) in [6.07, 6.45) is 2.22. The number of anilines is 1. The van der Waals surface area contributed by atoms with Crippen LogP contribution in [-0.2, 0) is 11.2 Å². The number of carbonyl (C=O) groups is 1. The van der Waals surface area contributed by atoms with Gasteiger partial charge in [0.1, 0.15) is 5.75 Å². The van der Waals surface area contributed by atoms with Crippen molar-refractivity contribution in [2.45, 2.75) is 6.42 Å². The maximum absolute atomic E-state index is 11.8. The summed E-state index contributed by atoms with van der Waals surface area (Å²) >= 11 is 0. The van der Waals surface area contributed by atoms with E-state index < -0.39 is 0 Å². The number of para-hydroxylation sites is 1. The molecule has 1 N–H and O–H groups in total. The van der Waals surface area contributed by atoms with Crippen LogP contribution in [0.1, 0.15) is 5.56 Å². The van der Waals surface area contributed by atoms with Gasteiger partial charge in [0.25, 0.3) is 0 Å². The van der Waals surface area contributed by atoms with Gasteiger partial charge in [0, 0.05) is 28.4 Å². The van der Waals surface area contributed by atoms with Gasteiger partial charge in [-0.15, -0.1) is 0 Å². The maximum atomic E-state index is 11.8. The average molecular weight is 366 g/mol. The summed E-state index contributed by atoms with van der Waals surface area (Å²) in [7, 11) is 1.68. The minimum Gasteiger partial charge on any atom is -0.496 e. The maximum Gasteiger partial charge on any atom is 0.228 e. The van der Waals surface area contributed by atoms with Crippen LogP contribution >= 0.6 is 0 Å². The zero-order valence-corrected chi connectivity index (χ0v) is 15.4. The van der Waals surface area contributed by atoms with Crippen LogP contribution in [0.3, 0.4) is 0 Å². The second-order valence-electron chi connectivity index (χ2n) is 6.86. The van der Waals surface area contributed by atoms with E-state index in [-0.39, 0.29) is 5.91 Å². The van der Waals surface area contributed by atoms with Crippen LogP contribution < -0.4 is 10.1 Å². The average Bonchev–Trinajstić information content (AvgIpc) is 3.12. The highest BCUT2D eigenvalue weighted by atomic mass is 16.5. The van der Waals surface area contributed by atoms with Gasteiger partial charge in [-0.3, -0.25) is 9.78 Å². The number of hydrogen-bond acceptors (Lipinski definition) is 3. The van der Waals surface area contributed by atoms with E-state index in [4.69, 9.17) is 4.74 Å². The molecule has 1 aliphatic rings. The van der Waals surface area contributed by atoms with E-state index in [1.165, 1.54) is 0 Å². The summed E-state index contributed by atoms with van der Waals surface area (Å²) in [6, 6.07) is 22.4. The zero-order chi connectivity index (χ0) is 19.1. The first-order chi connectivity index (χ1) is 13.7. The lowest BCUT2D eigenvalue weighted by molar-refractivity contribution is -0.115. The molecule has 0 unspecified atom stereocenters. The van der Waals surface area contributed by atoms with Gasteiger partial charge in [0.05, 0.1) is 19.0 Å². The monoisotopic (exact) mass is 366 g/mol. The second kappa shape index (κ2) is 6.50. The molecule has 0 saturated carbocycles. The van der Waals surface area contributed by atoms with E-state index >= 15 is 0 Å². The van der Waals surface area contributed by atoms with Crippen LogP contribution in [0.2, 0.25) is 0 Å². The lowest BCUT2D eigenvalue weighted by Gasteiger charge is -2.16. The highest BCUT2D eigenvalue weighted by Gasteiger charge is 2.21. The van der Waals surface area contributed by atoms with Crippen LogP contribution in [0.5, 0.6) is 5.75 Å². The lowest BCUT2D eigenvalue weighted by atomic mass is 9.91. The topological polar surface area (TPSA) is 51.2 Å². The number of methoxy groups -OCH3 is 1. The van der Waals surface area contributed by atoms with Crippen LogP contribution in [0.4, 0.5) is 5.69 Å². The Bertz CT molecular complexity index is 1230. The highest BCUT2D eigenvalue weighted by molar-refractivity contribution is 6.02. The lowest BCUT2D eigenvalue weighted by Crippen LogP contribution is -2.03. The Morgan fingerprint density at radius 1 is 0.964 bits per heavy atom. The first-order valence-electron chi connectivity index (χ1n) is 9.19. The Morgan fingerprint density at radius 3 is 2.68 bits per heavy atom. The summed E-state index contributed by atoms with van der Waals surface area (Å²) in [5.74, 6) is 0.827. The minimum atomic E-state index is 0.0330. The number of ether oxygens (including phenoxy) is 1. The summed E-state index contributed by atoms with van der Waals surface area (Å²) in [5.41, 5.74) is 6.99. The number of hydrogen-bond donors (Lipinski definition) is 1. The molecule has 1 aliphatic heterocycles. The largest absolute Gasteiger partial charge is 0.496 e. The van der Waals surface area contributed by atoms with Crippen molar-refractivity contribution in [1.82, 2.24) is 4.98 Å². The fourth-order valence-electron chi connectivity index (χ4n) is 3.93. The van der Waals surface area contributed by atoms with Crippen molar-refractivity contribution in [1.29, 1.82) is 0 Å². The molecule has 0 saturated heterocycles. The molecule has 3 aromatic carbocycles. The Morgan fingerprint density at radius 2 is 1.79 bits per heavy atom. The van der Waals surface area contributed by atoms with Crippen LogP contribution in [0.25, 0.3) is 33.2 Å². The minimum absolute atomic E-state index is 0.0330. The van der Waals surface area contributed by atoms with Gasteiger partial charge in [0.15, 0.2) is 0 Å². The highest BCUT2D eigenvalue weighted by Crippen LogP contribution is 2.42. The van der Waals surface area contributed by atoms with Crippen LogP contribution in [0.15, 0.2) is 72.9 Å². The van der Waals surface area contributed by atoms with Gasteiger partial charge in [-0.25, -0.2) is 0 Å². The summed E-state index contributed by atoms with van der Waals surface area (Å²) in [4.78, 5) is 16.4. The first-order valence-corrected chi connectivity index (χ1v) is 9.19. The first kappa shape index (κ1) is 16.5. The summed E-state index contributed by atoms with van der Waals surface area (Å²) in [5, 5.41) is 3.99. The van der Waals surface area contributed by atoms with E-state index in [0.717, 1.165) is 50.2 Å². The molecule has 0 aliphatic carbocycles. The van der Waals surface area contributed by atoms with E-state index in [1.807, 2.05) is 42.6 Å². The molecule has 1 amide bonds. The third-order valence-electron chi connectivity index (χ3n) is 5.19. The molecule has 0 radical (unpaired) electrons. The van der Waals surface area contributed by atoms with Crippen LogP contribution in [-0.4, -0.2) is 18.0 Å². The van der Waals surface area contributed by atoms with Crippen molar-refractivity contribution in [3.8, 4) is 28.0 Å². The van der Waals surface area contributed by atoms with Gasteiger partial charge in [-0.2, -0.15) is 0 Å². The smallest absolute Gasteiger partial charge is 0.228 e. The Kier molecular flexibility index (Phi) is 3.83. The predicted molar refractivity (Wildman–Crippen MR) is 112 cm³/mol. The molecule has 5 rings (SSSR count). The second-order valence-corrected chi connectivity index (χ2v) is 6.86. The zero-order valence-electron chi connectivity index (χ0n) is 15.4. The van der Waals surface area contributed by atoms with Gasteiger partial charge in [0.2, 0.25) is 5.91 Å². The number of benzene rings is 3. The molecule has 4 heteroatoms. The standard InChI is InChI=1S/C24H18N2O2/c1-28-21-9-3-7-18(19-8-2-5-15-6-4-12-25-24(15)19)23(21)16-10-11-20-17(13-16)14-22(27)26-20/h2-13H,14H2,1H3,(H,26,27). The number of nitrogens with zero attached hydrogens (tertiary/aromatic N) is 1. The van der Waals surface area contributed by atoms with Gasteiger partial charge in [-0.05, 0) is 41.0 Å². The van der Waals surface area contributed by atoms with Crippen molar-refractivity contribution in [3.05, 3.63) is 78.5 Å². The Balaban J connectivity index is 1.77. The fraction of sp³-hybridized carbons (Fsp3) is 0.0833. The molecular weight excluding hydrogens is 348 g/mol. The normalized spacial score (nSPS) is 12.7. The fourth-order valence-corrected chi connectivity index (χ4v) is 3.93. The third-order valence-corrected chi connectivity index (χ3v) is 5.19. The van der Waals surface area contributed by atoms with Crippen molar-refractivity contribution >= 4 is 22.5 Å². The van der Waals surface area contributed by atoms with E-state index in [1.54, 1.807) is 7.11 Å². The Labute approximate surface area is 162 Å². The molecule has 136 valence electrons. The quantitative estimate of drug-likeness (QED) is 0.551. The molecule has 0 atom stereocenters. The molecule has 0 bridgehead atoms. The molecule has 1 aromatic heterocycles. The SMILES string of the molecule is COc1cccc(-c2cccc3cccnc23)c1-c1ccc2c(c1)CC(=O)N2. The van der Waals surface area contributed by atoms with Crippen molar-refractivity contribution in [3.63, 3.8) is 0 Å².